The highest BCUT2D eigenvalue weighted by Gasteiger charge is 2.39. The van der Waals surface area contributed by atoms with Crippen molar-refractivity contribution in [3.8, 4) is 0 Å². The van der Waals surface area contributed by atoms with E-state index in [4.69, 9.17) is 23.2 Å². The van der Waals surface area contributed by atoms with E-state index in [0.717, 1.165) is 27.7 Å². The molecule has 0 fully saturated rings. The summed E-state index contributed by atoms with van der Waals surface area (Å²) < 4.78 is 0. The number of fused-ring (bicyclic) bond motifs is 3. The van der Waals surface area contributed by atoms with E-state index in [-0.39, 0.29) is 6.04 Å². The summed E-state index contributed by atoms with van der Waals surface area (Å²) in [5, 5.41) is 5.21. The molecule has 0 bridgehead atoms. The molecule has 1 nitrogen and oxygen atoms in total. The molecule has 0 saturated heterocycles. The standard InChI is InChI=1S/C19H17Cl2N/c1-11-4-2-5-12(10-11)18-14-7-3-6-13(14)17-15(20)8-9-16(21)19(17)22-18/h2-6,8-10,13-14,18,22H,7H2,1H3/t13-,14+,18+/m1/s1. The van der Waals surface area contributed by atoms with Crippen LogP contribution in [0.25, 0.3) is 0 Å². The van der Waals surface area contributed by atoms with Crippen LogP contribution in [-0.4, -0.2) is 0 Å². The Hall–Kier alpha value is -1.44. The first-order valence-corrected chi connectivity index (χ1v) is 8.38. The van der Waals surface area contributed by atoms with Crippen LogP contribution in [0.2, 0.25) is 10.0 Å². The lowest BCUT2D eigenvalue weighted by atomic mass is 9.77. The van der Waals surface area contributed by atoms with Crippen LogP contribution in [-0.2, 0) is 0 Å². The summed E-state index contributed by atoms with van der Waals surface area (Å²) in [4.78, 5) is 0. The Balaban J connectivity index is 1.86. The summed E-state index contributed by atoms with van der Waals surface area (Å²) in [5.74, 6) is 0.832. The first-order chi connectivity index (χ1) is 10.6. The average molecular weight is 330 g/mol. The minimum absolute atomic E-state index is 0.267. The van der Waals surface area contributed by atoms with Crippen LogP contribution in [0, 0.1) is 12.8 Å². The second kappa shape index (κ2) is 5.33. The molecule has 1 N–H and O–H groups in total. The highest BCUT2D eigenvalue weighted by atomic mass is 35.5. The number of hydrogen-bond donors (Lipinski definition) is 1. The minimum atomic E-state index is 0.267. The number of nitrogens with one attached hydrogen (secondary N) is 1. The Kier molecular flexibility index (Phi) is 3.43. The summed E-state index contributed by atoms with van der Waals surface area (Å²) in [5.41, 5.74) is 4.75. The Bertz CT molecular complexity index is 766. The molecule has 1 aliphatic carbocycles. The highest BCUT2D eigenvalue weighted by Crippen LogP contribution is 2.53. The molecule has 0 unspecified atom stereocenters. The van der Waals surface area contributed by atoms with Gasteiger partial charge in [-0.3, -0.25) is 0 Å². The molecule has 2 aromatic carbocycles. The van der Waals surface area contributed by atoms with Gasteiger partial charge in [-0.15, -0.1) is 0 Å². The van der Waals surface area contributed by atoms with Gasteiger partial charge in [0, 0.05) is 16.5 Å². The topological polar surface area (TPSA) is 12.0 Å². The highest BCUT2D eigenvalue weighted by molar-refractivity contribution is 6.36. The van der Waals surface area contributed by atoms with Crippen molar-refractivity contribution in [3.63, 3.8) is 0 Å². The van der Waals surface area contributed by atoms with Crippen LogP contribution in [0.15, 0.2) is 48.6 Å². The maximum atomic E-state index is 6.47. The van der Waals surface area contributed by atoms with Crippen LogP contribution in [0.5, 0.6) is 0 Å². The van der Waals surface area contributed by atoms with Crippen LogP contribution in [0.3, 0.4) is 0 Å². The average Bonchev–Trinajstić information content (AvgIpc) is 2.99. The molecule has 0 saturated carbocycles. The van der Waals surface area contributed by atoms with E-state index in [1.807, 2.05) is 12.1 Å². The van der Waals surface area contributed by atoms with E-state index < -0.39 is 0 Å². The zero-order valence-electron chi connectivity index (χ0n) is 12.3. The zero-order chi connectivity index (χ0) is 15.3. The molecular weight excluding hydrogens is 313 g/mol. The normalized spacial score (nSPS) is 25.5. The number of anilines is 1. The zero-order valence-corrected chi connectivity index (χ0v) is 13.8. The molecule has 0 aromatic heterocycles. The predicted molar refractivity (Wildman–Crippen MR) is 94.0 cm³/mol. The van der Waals surface area contributed by atoms with Gasteiger partial charge in [0.1, 0.15) is 0 Å². The van der Waals surface area contributed by atoms with Crippen LogP contribution < -0.4 is 5.32 Å². The predicted octanol–water partition coefficient (Wildman–Crippen LogP) is 6.13. The molecule has 3 atom stereocenters. The molecular formula is C19H17Cl2N. The minimum Gasteiger partial charge on any atom is -0.376 e. The fourth-order valence-corrected chi connectivity index (χ4v) is 4.32. The summed E-state index contributed by atoms with van der Waals surface area (Å²) in [7, 11) is 0. The van der Waals surface area contributed by atoms with E-state index in [0.29, 0.717) is 11.8 Å². The molecule has 0 spiro atoms. The Morgan fingerprint density at radius 3 is 2.73 bits per heavy atom. The summed E-state index contributed by atoms with van der Waals surface area (Å²) >= 11 is 12.9. The van der Waals surface area contributed by atoms with Crippen molar-refractivity contribution >= 4 is 28.9 Å². The van der Waals surface area contributed by atoms with E-state index in [2.05, 4.69) is 48.7 Å². The van der Waals surface area contributed by atoms with Crippen molar-refractivity contribution in [1.82, 2.24) is 0 Å². The van der Waals surface area contributed by atoms with Crippen molar-refractivity contribution in [2.24, 2.45) is 5.92 Å². The van der Waals surface area contributed by atoms with Crippen molar-refractivity contribution in [2.45, 2.75) is 25.3 Å². The van der Waals surface area contributed by atoms with Crippen LogP contribution >= 0.6 is 23.2 Å². The van der Waals surface area contributed by atoms with Crippen LogP contribution in [0.4, 0.5) is 5.69 Å². The number of rotatable bonds is 1. The van der Waals surface area contributed by atoms with Gasteiger partial charge in [0.2, 0.25) is 0 Å². The third-order valence-corrected chi connectivity index (χ3v) is 5.46. The van der Waals surface area contributed by atoms with Gasteiger partial charge in [-0.25, -0.2) is 0 Å². The molecule has 3 heteroatoms. The maximum absolute atomic E-state index is 6.47. The Morgan fingerprint density at radius 2 is 1.91 bits per heavy atom. The third-order valence-electron chi connectivity index (χ3n) is 4.82. The fourth-order valence-electron chi connectivity index (χ4n) is 3.82. The summed E-state index contributed by atoms with van der Waals surface area (Å²) in [6.07, 6.45) is 5.63. The number of hydrogen-bond acceptors (Lipinski definition) is 1. The number of aryl methyl sites for hydroxylation is 1. The van der Waals surface area contributed by atoms with Crippen molar-refractivity contribution < 1.29 is 0 Å². The third kappa shape index (κ3) is 2.15. The molecule has 4 rings (SSSR count). The monoisotopic (exact) mass is 329 g/mol. The van der Waals surface area contributed by atoms with Crippen molar-refractivity contribution in [3.05, 3.63) is 75.3 Å². The quantitative estimate of drug-likeness (QED) is 0.620. The van der Waals surface area contributed by atoms with Gasteiger partial charge in [-0.1, -0.05) is 65.2 Å². The number of halogens is 2. The Morgan fingerprint density at radius 1 is 1.09 bits per heavy atom. The van der Waals surface area contributed by atoms with Crippen LogP contribution in [0.1, 0.15) is 35.1 Å². The number of benzene rings is 2. The van der Waals surface area contributed by atoms with E-state index in [1.165, 1.54) is 11.1 Å². The number of allylic oxidation sites excluding steroid dienone is 2. The largest absolute Gasteiger partial charge is 0.376 e. The first-order valence-electron chi connectivity index (χ1n) is 7.63. The lowest BCUT2D eigenvalue weighted by molar-refractivity contribution is 0.425. The summed E-state index contributed by atoms with van der Waals surface area (Å²) in [6, 6.07) is 12.8. The Labute approximate surface area is 140 Å². The smallest absolute Gasteiger partial charge is 0.0641 e. The van der Waals surface area contributed by atoms with Gasteiger partial charge < -0.3 is 5.32 Å². The second-order valence-corrected chi connectivity index (χ2v) is 7.02. The molecule has 1 heterocycles. The molecule has 2 aliphatic rings. The van der Waals surface area contributed by atoms with E-state index in [1.54, 1.807) is 0 Å². The molecule has 2 aromatic rings. The van der Waals surface area contributed by atoms with Gasteiger partial charge in [-0.05, 0) is 37.0 Å². The molecule has 22 heavy (non-hydrogen) atoms. The molecule has 0 radical (unpaired) electrons. The van der Waals surface area contributed by atoms with E-state index in [9.17, 15) is 0 Å². The first kappa shape index (κ1) is 14.2. The van der Waals surface area contributed by atoms with Crippen molar-refractivity contribution in [1.29, 1.82) is 0 Å². The van der Waals surface area contributed by atoms with Gasteiger partial charge in [0.25, 0.3) is 0 Å². The van der Waals surface area contributed by atoms with Crippen molar-refractivity contribution in [2.75, 3.05) is 5.32 Å². The van der Waals surface area contributed by atoms with Gasteiger partial charge >= 0.3 is 0 Å². The fraction of sp³-hybridized carbons (Fsp3) is 0.263. The van der Waals surface area contributed by atoms with Gasteiger partial charge in [0.15, 0.2) is 0 Å². The molecule has 1 aliphatic heterocycles. The maximum Gasteiger partial charge on any atom is 0.0641 e. The summed E-state index contributed by atoms with van der Waals surface area (Å²) in [6.45, 7) is 2.13. The lowest BCUT2D eigenvalue weighted by Crippen LogP contribution is -2.29. The lowest BCUT2D eigenvalue weighted by Gasteiger charge is -2.38. The molecule has 0 amide bonds. The SMILES string of the molecule is Cc1cccc([C@@H]2Nc3c(Cl)ccc(Cl)c3[C@@H]3C=CC[C@@H]32)c1. The second-order valence-electron chi connectivity index (χ2n) is 6.21. The van der Waals surface area contributed by atoms with E-state index >= 15 is 0 Å². The van der Waals surface area contributed by atoms with Gasteiger partial charge in [-0.2, -0.15) is 0 Å². The molecule has 112 valence electrons. The van der Waals surface area contributed by atoms with Gasteiger partial charge in [0.05, 0.1) is 16.8 Å².